The number of aromatic nitrogens is 1. The summed E-state index contributed by atoms with van der Waals surface area (Å²) in [5, 5.41) is 0. The topological polar surface area (TPSA) is 49.6 Å². The van der Waals surface area contributed by atoms with Crippen LogP contribution in [0.25, 0.3) is 0 Å². The van der Waals surface area contributed by atoms with Gasteiger partial charge >= 0.3 is 0 Å². The Kier molecular flexibility index (Phi) is 4.81. The highest BCUT2D eigenvalue weighted by Gasteiger charge is 2.42. The molecule has 1 atom stereocenters. The Hall–Kier alpha value is -2.14. The fourth-order valence-corrected chi connectivity index (χ4v) is 4.50. The Morgan fingerprint density at radius 2 is 2.15 bits per heavy atom. The predicted octanol–water partition coefficient (Wildman–Crippen LogP) is 3.04. The highest BCUT2D eigenvalue weighted by atomic mass is 16.3. The number of piperidine rings is 1. The molecule has 2 fully saturated rings. The first-order valence-corrected chi connectivity index (χ1v) is 9.56. The van der Waals surface area contributed by atoms with Crippen LogP contribution in [0.1, 0.15) is 36.3 Å². The van der Waals surface area contributed by atoms with Gasteiger partial charge in [-0.1, -0.05) is 6.07 Å². The molecular formula is C21H27N3O2. The fraction of sp³-hybridized carbons (Fsp3) is 0.524. The average Bonchev–Trinajstić information content (AvgIpc) is 3.22. The van der Waals surface area contributed by atoms with Gasteiger partial charge in [0.15, 0.2) is 0 Å². The summed E-state index contributed by atoms with van der Waals surface area (Å²) in [6, 6.07) is 7.98. The number of hydrogen-bond acceptors (Lipinski definition) is 4. The molecule has 0 bridgehead atoms. The van der Waals surface area contributed by atoms with Crippen LogP contribution >= 0.6 is 0 Å². The molecule has 2 aromatic heterocycles. The molecule has 5 heteroatoms. The van der Waals surface area contributed by atoms with Crippen molar-refractivity contribution < 1.29 is 9.21 Å². The van der Waals surface area contributed by atoms with Crippen molar-refractivity contribution in [2.24, 2.45) is 5.41 Å². The lowest BCUT2D eigenvalue weighted by Gasteiger charge is -2.40. The van der Waals surface area contributed by atoms with Crippen LogP contribution in [-0.2, 0) is 17.8 Å². The van der Waals surface area contributed by atoms with Crippen LogP contribution in [0, 0.1) is 12.3 Å². The molecule has 1 spiro atoms. The number of aryl methyl sites for hydroxylation is 1. The summed E-state index contributed by atoms with van der Waals surface area (Å²) in [6.45, 7) is 6.78. The number of pyridine rings is 1. The van der Waals surface area contributed by atoms with E-state index in [1.807, 2.05) is 25.1 Å². The van der Waals surface area contributed by atoms with E-state index in [4.69, 9.17) is 4.42 Å². The maximum atomic E-state index is 12.8. The van der Waals surface area contributed by atoms with Gasteiger partial charge in [0.1, 0.15) is 11.5 Å². The van der Waals surface area contributed by atoms with Crippen LogP contribution < -0.4 is 0 Å². The third kappa shape index (κ3) is 3.83. The van der Waals surface area contributed by atoms with Crippen LogP contribution in [0.4, 0.5) is 0 Å². The summed E-state index contributed by atoms with van der Waals surface area (Å²) in [5.41, 5.74) is 1.25. The second-order valence-corrected chi connectivity index (χ2v) is 7.93. The summed E-state index contributed by atoms with van der Waals surface area (Å²) in [5.74, 6) is 2.25. The van der Waals surface area contributed by atoms with Gasteiger partial charge in [-0.05, 0) is 56.5 Å². The van der Waals surface area contributed by atoms with Crippen LogP contribution in [0.2, 0.25) is 0 Å². The van der Waals surface area contributed by atoms with Gasteiger partial charge in [-0.25, -0.2) is 0 Å². The van der Waals surface area contributed by atoms with E-state index < -0.39 is 0 Å². The SMILES string of the molecule is Cc1ccc(CN2CCC3(CCCN(C(=O)Cc4cccnc4)C3)C2)o1. The molecule has 0 radical (unpaired) electrons. The smallest absolute Gasteiger partial charge is 0.227 e. The number of furan rings is 1. The minimum absolute atomic E-state index is 0.234. The first kappa shape index (κ1) is 17.3. The molecule has 0 aliphatic carbocycles. The molecule has 4 rings (SSSR count). The molecule has 0 aromatic carbocycles. The predicted molar refractivity (Wildman–Crippen MR) is 99.5 cm³/mol. The molecular weight excluding hydrogens is 326 g/mol. The van der Waals surface area contributed by atoms with Crippen molar-refractivity contribution in [3.63, 3.8) is 0 Å². The first-order valence-electron chi connectivity index (χ1n) is 9.56. The quantitative estimate of drug-likeness (QED) is 0.848. The molecule has 2 aromatic rings. The maximum Gasteiger partial charge on any atom is 0.227 e. The van der Waals surface area contributed by atoms with Crippen molar-refractivity contribution in [2.75, 3.05) is 26.2 Å². The minimum atomic E-state index is 0.234. The van der Waals surface area contributed by atoms with Crippen molar-refractivity contribution in [2.45, 2.75) is 39.2 Å². The highest BCUT2D eigenvalue weighted by Crippen LogP contribution is 2.39. The first-order chi connectivity index (χ1) is 12.6. The van der Waals surface area contributed by atoms with Crippen molar-refractivity contribution >= 4 is 5.91 Å². The summed E-state index contributed by atoms with van der Waals surface area (Å²) in [6.07, 6.45) is 7.49. The van der Waals surface area contributed by atoms with Gasteiger partial charge in [0, 0.05) is 37.4 Å². The Bertz CT molecular complexity index is 758. The van der Waals surface area contributed by atoms with E-state index >= 15 is 0 Å². The molecule has 2 saturated heterocycles. The van der Waals surface area contributed by atoms with Gasteiger partial charge in [-0.15, -0.1) is 0 Å². The van der Waals surface area contributed by atoms with Crippen molar-refractivity contribution in [3.05, 3.63) is 53.7 Å². The van der Waals surface area contributed by atoms with Crippen LogP contribution in [-0.4, -0.2) is 46.9 Å². The van der Waals surface area contributed by atoms with Gasteiger partial charge in [0.25, 0.3) is 0 Å². The lowest BCUT2D eigenvalue weighted by Crippen LogP contribution is -2.47. The summed E-state index contributed by atoms with van der Waals surface area (Å²) < 4.78 is 5.73. The van der Waals surface area contributed by atoms with Gasteiger partial charge in [-0.2, -0.15) is 0 Å². The van der Waals surface area contributed by atoms with E-state index in [1.165, 1.54) is 12.8 Å². The summed E-state index contributed by atoms with van der Waals surface area (Å²) in [7, 11) is 0. The molecule has 2 aliphatic heterocycles. The van der Waals surface area contributed by atoms with Crippen molar-refractivity contribution in [1.29, 1.82) is 0 Å². The Morgan fingerprint density at radius 3 is 2.92 bits per heavy atom. The van der Waals surface area contributed by atoms with E-state index in [0.717, 1.165) is 56.2 Å². The monoisotopic (exact) mass is 353 g/mol. The van der Waals surface area contributed by atoms with Gasteiger partial charge < -0.3 is 9.32 Å². The number of carbonyl (C=O) groups is 1. The molecule has 0 N–H and O–H groups in total. The maximum absolute atomic E-state index is 12.8. The van der Waals surface area contributed by atoms with E-state index in [1.54, 1.807) is 12.4 Å². The van der Waals surface area contributed by atoms with Gasteiger partial charge in [-0.3, -0.25) is 14.7 Å². The van der Waals surface area contributed by atoms with E-state index in [0.29, 0.717) is 6.42 Å². The van der Waals surface area contributed by atoms with Gasteiger partial charge in [0.05, 0.1) is 13.0 Å². The molecule has 4 heterocycles. The minimum Gasteiger partial charge on any atom is -0.465 e. The van der Waals surface area contributed by atoms with E-state index in [2.05, 4.69) is 20.9 Å². The highest BCUT2D eigenvalue weighted by molar-refractivity contribution is 5.78. The van der Waals surface area contributed by atoms with Crippen LogP contribution in [0.5, 0.6) is 0 Å². The third-order valence-electron chi connectivity index (χ3n) is 5.79. The van der Waals surface area contributed by atoms with Crippen molar-refractivity contribution in [1.82, 2.24) is 14.8 Å². The molecule has 1 amide bonds. The normalized spacial score (nSPS) is 23.7. The molecule has 26 heavy (non-hydrogen) atoms. The zero-order valence-electron chi connectivity index (χ0n) is 15.5. The molecule has 138 valence electrons. The second kappa shape index (κ2) is 7.23. The number of hydrogen-bond donors (Lipinski definition) is 0. The molecule has 2 aliphatic rings. The number of nitrogens with zero attached hydrogens (tertiary/aromatic N) is 3. The summed E-state index contributed by atoms with van der Waals surface area (Å²) in [4.78, 5) is 21.4. The van der Waals surface area contributed by atoms with Gasteiger partial charge in [0.2, 0.25) is 5.91 Å². The zero-order chi connectivity index (χ0) is 18.0. The van der Waals surface area contributed by atoms with Crippen LogP contribution in [0.15, 0.2) is 41.1 Å². The third-order valence-corrected chi connectivity index (χ3v) is 5.79. The number of amides is 1. The molecule has 5 nitrogen and oxygen atoms in total. The Balaban J connectivity index is 1.36. The summed E-state index contributed by atoms with van der Waals surface area (Å²) >= 11 is 0. The fourth-order valence-electron chi connectivity index (χ4n) is 4.50. The number of rotatable bonds is 4. The van der Waals surface area contributed by atoms with E-state index in [9.17, 15) is 4.79 Å². The number of carbonyl (C=O) groups excluding carboxylic acids is 1. The molecule has 1 unspecified atom stereocenters. The Labute approximate surface area is 155 Å². The standard InChI is InChI=1S/C21H27N3O2/c1-17-5-6-19(26-17)14-23-11-8-21(15-23)7-3-10-24(16-21)20(25)12-18-4-2-9-22-13-18/h2,4-6,9,13H,3,7-8,10-12,14-16H2,1H3. The van der Waals surface area contributed by atoms with E-state index in [-0.39, 0.29) is 11.3 Å². The Morgan fingerprint density at radius 1 is 1.23 bits per heavy atom. The van der Waals surface area contributed by atoms with Crippen LogP contribution in [0.3, 0.4) is 0 Å². The lowest BCUT2D eigenvalue weighted by atomic mass is 9.79. The molecule has 0 saturated carbocycles. The lowest BCUT2D eigenvalue weighted by molar-refractivity contribution is -0.133. The van der Waals surface area contributed by atoms with Crippen molar-refractivity contribution in [3.8, 4) is 0 Å². The average molecular weight is 353 g/mol. The largest absolute Gasteiger partial charge is 0.465 e. The number of likely N-dealkylation sites (tertiary alicyclic amines) is 2. The zero-order valence-corrected chi connectivity index (χ0v) is 15.5. The second-order valence-electron chi connectivity index (χ2n) is 7.93.